The third-order valence-electron chi connectivity index (χ3n) is 2.04. The maximum atomic E-state index is 13.0. The van der Waals surface area contributed by atoms with E-state index in [0.29, 0.717) is 5.89 Å². The zero-order valence-electron chi connectivity index (χ0n) is 9.29. The lowest BCUT2D eigenvalue weighted by Gasteiger charge is -2.03. The average molecular weight is 253 g/mol. The number of benzene rings is 1. The Balaban J connectivity index is 2.17. The highest BCUT2D eigenvalue weighted by Crippen LogP contribution is 2.28. The van der Waals surface area contributed by atoms with E-state index in [1.165, 1.54) is 0 Å². The number of rotatable bonds is 4. The van der Waals surface area contributed by atoms with Gasteiger partial charge in [-0.05, 0) is 6.07 Å². The lowest BCUT2D eigenvalue weighted by molar-refractivity contribution is -0.386. The molecule has 94 valence electrons. The first-order chi connectivity index (χ1) is 8.56. The predicted octanol–water partition coefficient (Wildman–Crippen LogP) is 2.00. The van der Waals surface area contributed by atoms with Crippen LogP contribution in [0, 0.1) is 22.9 Å². The van der Waals surface area contributed by atoms with Crippen molar-refractivity contribution < 1.29 is 18.5 Å². The van der Waals surface area contributed by atoms with Crippen LogP contribution in [0.5, 0.6) is 5.75 Å². The van der Waals surface area contributed by atoms with Crippen molar-refractivity contribution in [2.24, 2.45) is 0 Å². The Hall–Kier alpha value is -2.51. The van der Waals surface area contributed by atoms with Gasteiger partial charge in [0.05, 0.1) is 4.92 Å². The molecule has 2 rings (SSSR count). The van der Waals surface area contributed by atoms with Gasteiger partial charge in [0, 0.05) is 19.1 Å². The van der Waals surface area contributed by atoms with Crippen molar-refractivity contribution in [1.82, 2.24) is 10.2 Å². The molecule has 0 bridgehead atoms. The van der Waals surface area contributed by atoms with Crippen LogP contribution in [0.3, 0.4) is 0 Å². The smallest absolute Gasteiger partial charge is 0.311 e. The molecule has 18 heavy (non-hydrogen) atoms. The minimum atomic E-state index is -0.659. The van der Waals surface area contributed by atoms with Gasteiger partial charge in [-0.3, -0.25) is 10.1 Å². The van der Waals surface area contributed by atoms with Gasteiger partial charge in [-0.25, -0.2) is 4.39 Å². The van der Waals surface area contributed by atoms with Gasteiger partial charge in [-0.2, -0.15) is 0 Å². The normalized spacial score (nSPS) is 10.3. The Bertz CT molecular complexity index is 584. The lowest BCUT2D eigenvalue weighted by Crippen LogP contribution is -2.00. The fourth-order valence-corrected chi connectivity index (χ4v) is 1.29. The summed E-state index contributed by atoms with van der Waals surface area (Å²) in [6, 6.07) is 2.95. The standard InChI is InChI=1S/C10H8FN3O4/c1-6-12-13-10(18-6)5-17-9-4-7(11)2-3-8(9)14(15)16/h2-4H,5H2,1H3. The molecule has 0 saturated heterocycles. The highest BCUT2D eigenvalue weighted by molar-refractivity contribution is 5.46. The molecule has 1 aromatic heterocycles. The Morgan fingerprint density at radius 2 is 2.28 bits per heavy atom. The van der Waals surface area contributed by atoms with Gasteiger partial charge in [0.15, 0.2) is 6.61 Å². The molecule has 0 aliphatic carbocycles. The van der Waals surface area contributed by atoms with Crippen LogP contribution in [0.2, 0.25) is 0 Å². The number of hydrogen-bond acceptors (Lipinski definition) is 6. The van der Waals surface area contributed by atoms with E-state index < -0.39 is 10.7 Å². The van der Waals surface area contributed by atoms with Crippen LogP contribution in [0.15, 0.2) is 22.6 Å². The fourth-order valence-electron chi connectivity index (χ4n) is 1.29. The van der Waals surface area contributed by atoms with Gasteiger partial charge in [0.2, 0.25) is 11.6 Å². The van der Waals surface area contributed by atoms with Crippen LogP contribution >= 0.6 is 0 Å². The summed E-state index contributed by atoms with van der Waals surface area (Å²) < 4.78 is 23.1. The maximum Gasteiger partial charge on any atom is 0.311 e. The first-order valence-electron chi connectivity index (χ1n) is 4.92. The van der Waals surface area contributed by atoms with Crippen molar-refractivity contribution >= 4 is 5.69 Å². The third kappa shape index (κ3) is 2.59. The van der Waals surface area contributed by atoms with Crippen LogP contribution < -0.4 is 4.74 Å². The number of ether oxygens (including phenoxy) is 1. The first kappa shape index (κ1) is 12.0. The molecule has 0 radical (unpaired) electrons. The van der Waals surface area contributed by atoms with Crippen LogP contribution in [-0.2, 0) is 6.61 Å². The third-order valence-corrected chi connectivity index (χ3v) is 2.04. The molecule has 0 N–H and O–H groups in total. The molecule has 0 atom stereocenters. The topological polar surface area (TPSA) is 91.3 Å². The second-order valence-corrected chi connectivity index (χ2v) is 3.37. The van der Waals surface area contributed by atoms with Crippen LogP contribution in [-0.4, -0.2) is 15.1 Å². The van der Waals surface area contributed by atoms with Crippen molar-refractivity contribution in [3.63, 3.8) is 0 Å². The molecular formula is C10H8FN3O4. The number of nitro groups is 1. The molecule has 7 nitrogen and oxygen atoms in total. The Morgan fingerprint density at radius 3 is 2.89 bits per heavy atom. The molecule has 0 aliphatic heterocycles. The molecule has 2 aromatic rings. The first-order valence-corrected chi connectivity index (χ1v) is 4.92. The van der Waals surface area contributed by atoms with E-state index in [9.17, 15) is 14.5 Å². The van der Waals surface area contributed by atoms with Crippen LogP contribution in [0.25, 0.3) is 0 Å². The van der Waals surface area contributed by atoms with Crippen molar-refractivity contribution in [3.05, 3.63) is 45.9 Å². The molecule has 0 aliphatic rings. The van der Waals surface area contributed by atoms with Crippen molar-refractivity contribution in [2.75, 3.05) is 0 Å². The monoisotopic (exact) mass is 253 g/mol. The minimum Gasteiger partial charge on any atom is -0.477 e. The van der Waals surface area contributed by atoms with E-state index in [1.54, 1.807) is 6.92 Å². The lowest BCUT2D eigenvalue weighted by atomic mass is 10.3. The minimum absolute atomic E-state index is 0.158. The predicted molar refractivity (Wildman–Crippen MR) is 56.4 cm³/mol. The highest BCUT2D eigenvalue weighted by Gasteiger charge is 2.16. The Labute approximate surface area is 100 Å². The van der Waals surface area contributed by atoms with Gasteiger partial charge in [-0.15, -0.1) is 10.2 Å². The zero-order chi connectivity index (χ0) is 13.1. The molecule has 1 aromatic carbocycles. The van der Waals surface area contributed by atoms with E-state index in [4.69, 9.17) is 9.15 Å². The summed E-state index contributed by atoms with van der Waals surface area (Å²) in [4.78, 5) is 10.0. The summed E-state index contributed by atoms with van der Waals surface area (Å²) in [7, 11) is 0. The average Bonchev–Trinajstić information content (AvgIpc) is 2.72. The molecule has 0 spiro atoms. The summed E-state index contributed by atoms with van der Waals surface area (Å²) in [6.45, 7) is 1.44. The highest BCUT2D eigenvalue weighted by atomic mass is 19.1. The van der Waals surface area contributed by atoms with E-state index >= 15 is 0 Å². The summed E-state index contributed by atoms with van der Waals surface area (Å²) in [5, 5.41) is 17.9. The Morgan fingerprint density at radius 1 is 1.50 bits per heavy atom. The number of nitrogens with zero attached hydrogens (tertiary/aromatic N) is 3. The largest absolute Gasteiger partial charge is 0.477 e. The van der Waals surface area contributed by atoms with Gasteiger partial charge < -0.3 is 9.15 Å². The SMILES string of the molecule is Cc1nnc(COc2cc(F)ccc2[N+](=O)[O-])o1. The van der Waals surface area contributed by atoms with Crippen molar-refractivity contribution in [1.29, 1.82) is 0 Å². The number of aromatic nitrogens is 2. The molecule has 0 fully saturated rings. The number of nitro benzene ring substituents is 1. The molecule has 1 heterocycles. The van der Waals surface area contributed by atoms with E-state index in [2.05, 4.69) is 10.2 Å². The molecular weight excluding hydrogens is 245 g/mol. The fraction of sp³-hybridized carbons (Fsp3) is 0.200. The summed E-state index contributed by atoms with van der Waals surface area (Å²) in [5.41, 5.74) is -0.326. The van der Waals surface area contributed by atoms with Crippen LogP contribution in [0.4, 0.5) is 10.1 Å². The Kier molecular flexibility index (Phi) is 3.18. The quantitative estimate of drug-likeness (QED) is 0.611. The number of hydrogen-bond donors (Lipinski definition) is 0. The van der Waals surface area contributed by atoms with E-state index in [-0.39, 0.29) is 23.9 Å². The van der Waals surface area contributed by atoms with Crippen molar-refractivity contribution in [2.45, 2.75) is 13.5 Å². The van der Waals surface area contributed by atoms with Gasteiger partial charge in [-0.1, -0.05) is 0 Å². The summed E-state index contributed by atoms with van der Waals surface area (Å²) >= 11 is 0. The zero-order valence-corrected chi connectivity index (χ0v) is 9.29. The van der Waals surface area contributed by atoms with Crippen molar-refractivity contribution in [3.8, 4) is 5.75 Å². The maximum absolute atomic E-state index is 13.0. The molecule has 0 saturated carbocycles. The second-order valence-electron chi connectivity index (χ2n) is 3.37. The van der Waals surface area contributed by atoms with Gasteiger partial charge in [0.1, 0.15) is 5.82 Å². The van der Waals surface area contributed by atoms with E-state index in [1.807, 2.05) is 0 Å². The number of aryl methyl sites for hydroxylation is 1. The van der Waals surface area contributed by atoms with Crippen LogP contribution in [0.1, 0.15) is 11.8 Å². The van der Waals surface area contributed by atoms with Gasteiger partial charge in [0.25, 0.3) is 5.89 Å². The molecule has 0 amide bonds. The summed E-state index contributed by atoms with van der Waals surface area (Å²) in [5.74, 6) is -0.304. The number of halogens is 1. The molecule has 0 unspecified atom stereocenters. The second kappa shape index (κ2) is 4.78. The van der Waals surface area contributed by atoms with E-state index in [0.717, 1.165) is 18.2 Å². The summed E-state index contributed by atoms with van der Waals surface area (Å²) in [6.07, 6.45) is 0. The molecule has 8 heteroatoms. The van der Waals surface area contributed by atoms with Gasteiger partial charge >= 0.3 is 5.69 Å².